The molecule has 1 amide bonds. The first-order chi connectivity index (χ1) is 16.6. The topological polar surface area (TPSA) is 67.0 Å². The molecule has 5 rings (SSSR count). The number of ether oxygens (including phenoxy) is 1. The number of rotatable bonds is 5. The quantitative estimate of drug-likeness (QED) is 0.484. The van der Waals surface area contributed by atoms with E-state index in [1.807, 2.05) is 31.3 Å². The summed E-state index contributed by atoms with van der Waals surface area (Å²) in [5, 5.41) is 3.05. The molecule has 0 unspecified atom stereocenters. The second kappa shape index (κ2) is 9.84. The molecule has 4 atom stereocenters. The zero-order chi connectivity index (χ0) is 23.5. The Hall–Kier alpha value is -3.41. The Balaban J connectivity index is 1.32. The van der Waals surface area contributed by atoms with Gasteiger partial charge in [-0.2, -0.15) is 0 Å². The van der Waals surface area contributed by atoms with E-state index in [9.17, 15) is 9.18 Å². The number of nitrogens with one attached hydrogen (secondary N) is 2. The lowest BCUT2D eigenvalue weighted by Crippen LogP contribution is -2.44. The summed E-state index contributed by atoms with van der Waals surface area (Å²) in [7, 11) is 0. The number of hydrogen-bond donors (Lipinski definition) is 2. The highest BCUT2D eigenvalue weighted by atomic mass is 19.1. The molecular weight excluding hydrogens is 429 g/mol. The molecule has 0 saturated heterocycles. The van der Waals surface area contributed by atoms with E-state index in [0.717, 1.165) is 42.5 Å². The number of aromatic nitrogens is 2. The molecule has 6 heteroatoms. The maximum Gasteiger partial charge on any atom is 0.407 e. The number of benzene rings is 1. The molecule has 2 aromatic heterocycles. The SMILES string of the molecule is CCOC(=O)N[C@H]1CC[C@@H]2[C@H](Cc3cc[nH]c3[C@H]2/C=C/c2ccc(-c3cccc(F)c3)cn2)C1. The third kappa shape index (κ3) is 4.76. The number of H-pyrrole nitrogens is 1. The highest BCUT2D eigenvalue weighted by Gasteiger charge is 2.40. The number of fused-ring (bicyclic) bond motifs is 2. The second-order valence-corrected chi connectivity index (χ2v) is 9.29. The zero-order valence-electron chi connectivity index (χ0n) is 19.3. The summed E-state index contributed by atoms with van der Waals surface area (Å²) >= 11 is 0. The molecule has 0 spiro atoms. The van der Waals surface area contributed by atoms with Crippen molar-refractivity contribution in [1.29, 1.82) is 0 Å². The van der Waals surface area contributed by atoms with Gasteiger partial charge in [0.25, 0.3) is 0 Å². The highest BCUT2D eigenvalue weighted by Crippen LogP contribution is 2.47. The number of nitrogens with zero attached hydrogens (tertiary/aromatic N) is 1. The van der Waals surface area contributed by atoms with E-state index in [-0.39, 0.29) is 23.9 Å². The Bertz CT molecular complexity index is 1170. The van der Waals surface area contributed by atoms with E-state index in [1.54, 1.807) is 12.3 Å². The van der Waals surface area contributed by atoms with E-state index < -0.39 is 0 Å². The van der Waals surface area contributed by atoms with Gasteiger partial charge in [0.05, 0.1) is 12.3 Å². The summed E-state index contributed by atoms with van der Waals surface area (Å²) in [6.45, 7) is 2.22. The minimum absolute atomic E-state index is 0.169. The molecule has 1 fully saturated rings. The molecule has 1 aromatic carbocycles. The van der Waals surface area contributed by atoms with E-state index in [2.05, 4.69) is 33.5 Å². The molecule has 2 N–H and O–H groups in total. The third-order valence-corrected chi connectivity index (χ3v) is 7.20. The average molecular weight is 460 g/mol. The van der Waals surface area contributed by atoms with Crippen LogP contribution >= 0.6 is 0 Å². The predicted octanol–water partition coefficient (Wildman–Crippen LogP) is 6.10. The van der Waals surface area contributed by atoms with Crippen LogP contribution in [0.1, 0.15) is 49.1 Å². The van der Waals surface area contributed by atoms with E-state index in [4.69, 9.17) is 4.74 Å². The summed E-state index contributed by atoms with van der Waals surface area (Å²) in [4.78, 5) is 20.0. The van der Waals surface area contributed by atoms with Crippen molar-refractivity contribution in [1.82, 2.24) is 15.3 Å². The third-order valence-electron chi connectivity index (χ3n) is 7.20. The normalized spacial score (nSPS) is 23.8. The Morgan fingerprint density at radius 1 is 1.24 bits per heavy atom. The van der Waals surface area contributed by atoms with E-state index >= 15 is 0 Å². The lowest BCUT2D eigenvalue weighted by atomic mass is 9.64. The first kappa shape index (κ1) is 22.4. The Kier molecular flexibility index (Phi) is 6.48. The molecule has 2 heterocycles. The summed E-state index contributed by atoms with van der Waals surface area (Å²) in [5.74, 6) is 1.08. The van der Waals surface area contributed by atoms with Crippen molar-refractivity contribution in [3.05, 3.63) is 83.7 Å². The number of pyridine rings is 1. The number of amides is 1. The fourth-order valence-electron chi connectivity index (χ4n) is 5.65. The number of halogens is 1. The minimum atomic E-state index is -0.312. The molecule has 34 heavy (non-hydrogen) atoms. The van der Waals surface area contributed by atoms with E-state index in [0.29, 0.717) is 18.4 Å². The van der Waals surface area contributed by atoms with Gasteiger partial charge in [-0.05, 0) is 85.9 Å². The van der Waals surface area contributed by atoms with Crippen molar-refractivity contribution in [2.45, 2.75) is 44.6 Å². The van der Waals surface area contributed by atoms with Crippen LogP contribution in [-0.2, 0) is 11.2 Å². The molecule has 2 aliphatic carbocycles. The van der Waals surface area contributed by atoms with Crippen molar-refractivity contribution >= 4 is 12.2 Å². The smallest absolute Gasteiger partial charge is 0.407 e. The lowest BCUT2D eigenvalue weighted by Gasteiger charge is -2.43. The summed E-state index contributed by atoms with van der Waals surface area (Å²) in [6.07, 6.45) is 11.9. The lowest BCUT2D eigenvalue weighted by molar-refractivity contribution is 0.129. The molecule has 0 bridgehead atoms. The van der Waals surface area contributed by atoms with Gasteiger partial charge in [0, 0.05) is 35.6 Å². The van der Waals surface area contributed by atoms with Gasteiger partial charge in [-0.3, -0.25) is 4.98 Å². The van der Waals surface area contributed by atoms with Crippen molar-refractivity contribution in [2.24, 2.45) is 11.8 Å². The Labute approximate surface area is 199 Å². The van der Waals surface area contributed by atoms with Crippen molar-refractivity contribution < 1.29 is 13.9 Å². The van der Waals surface area contributed by atoms with Crippen LogP contribution in [0, 0.1) is 17.7 Å². The van der Waals surface area contributed by atoms with Gasteiger partial charge in [0.2, 0.25) is 0 Å². The average Bonchev–Trinajstić information content (AvgIpc) is 3.30. The number of alkyl carbamates (subject to hydrolysis) is 1. The van der Waals surface area contributed by atoms with Crippen molar-refractivity contribution in [2.75, 3.05) is 6.61 Å². The molecule has 176 valence electrons. The number of carbonyl (C=O) groups is 1. The number of hydrogen-bond acceptors (Lipinski definition) is 3. The van der Waals surface area contributed by atoms with Gasteiger partial charge < -0.3 is 15.0 Å². The maximum absolute atomic E-state index is 13.5. The van der Waals surface area contributed by atoms with Crippen LogP contribution in [0.25, 0.3) is 17.2 Å². The fraction of sp³-hybridized carbons (Fsp3) is 0.357. The van der Waals surface area contributed by atoms with Gasteiger partial charge in [-0.1, -0.05) is 24.3 Å². The molecular formula is C28H30FN3O2. The first-order valence-electron chi connectivity index (χ1n) is 12.1. The summed E-state index contributed by atoms with van der Waals surface area (Å²) in [5.41, 5.74) is 5.26. The number of aromatic amines is 1. The van der Waals surface area contributed by atoms with Gasteiger partial charge >= 0.3 is 6.09 Å². The number of allylic oxidation sites excluding steroid dienone is 1. The monoisotopic (exact) mass is 459 g/mol. The van der Waals surface area contributed by atoms with Crippen LogP contribution in [0.4, 0.5) is 9.18 Å². The largest absolute Gasteiger partial charge is 0.450 e. The predicted molar refractivity (Wildman–Crippen MR) is 131 cm³/mol. The van der Waals surface area contributed by atoms with Crippen LogP contribution in [0.3, 0.4) is 0 Å². The summed E-state index contributed by atoms with van der Waals surface area (Å²) in [6, 6.07) is 12.9. The Morgan fingerprint density at radius 3 is 2.94 bits per heavy atom. The number of carbonyl (C=O) groups excluding carboxylic acids is 1. The van der Waals surface area contributed by atoms with Crippen LogP contribution in [0.5, 0.6) is 0 Å². The van der Waals surface area contributed by atoms with Gasteiger partial charge in [0.15, 0.2) is 0 Å². The zero-order valence-corrected chi connectivity index (χ0v) is 19.3. The summed E-state index contributed by atoms with van der Waals surface area (Å²) < 4.78 is 18.6. The van der Waals surface area contributed by atoms with Crippen molar-refractivity contribution in [3.8, 4) is 11.1 Å². The maximum atomic E-state index is 13.5. The molecule has 1 saturated carbocycles. The van der Waals surface area contributed by atoms with Gasteiger partial charge in [-0.15, -0.1) is 0 Å². The standard InChI is InChI=1S/C28H30FN3O2/c1-2-34-28(33)32-24-9-10-25-21(16-24)14-19-12-13-30-27(19)26(25)11-8-23-7-6-20(17-31-23)18-4-3-5-22(29)15-18/h3-8,11-13,15,17,21,24-26,30H,2,9-10,14,16H2,1H3,(H,32,33)/b11-8+/t21-,24+,25-,26+/m1/s1. The molecule has 5 nitrogen and oxygen atoms in total. The van der Waals surface area contributed by atoms with Crippen LogP contribution in [-0.4, -0.2) is 28.7 Å². The van der Waals surface area contributed by atoms with Gasteiger partial charge in [-0.25, -0.2) is 9.18 Å². The van der Waals surface area contributed by atoms with Crippen LogP contribution in [0.15, 0.2) is 60.9 Å². The molecule has 2 aliphatic rings. The van der Waals surface area contributed by atoms with Crippen LogP contribution in [0.2, 0.25) is 0 Å². The van der Waals surface area contributed by atoms with Gasteiger partial charge in [0.1, 0.15) is 5.82 Å². The fourth-order valence-corrected chi connectivity index (χ4v) is 5.65. The van der Waals surface area contributed by atoms with Crippen molar-refractivity contribution in [3.63, 3.8) is 0 Å². The molecule has 3 aromatic rings. The molecule has 0 radical (unpaired) electrons. The molecule has 0 aliphatic heterocycles. The highest BCUT2D eigenvalue weighted by molar-refractivity contribution is 5.67. The second-order valence-electron chi connectivity index (χ2n) is 9.29. The van der Waals surface area contributed by atoms with E-state index in [1.165, 1.54) is 23.4 Å². The minimum Gasteiger partial charge on any atom is -0.450 e. The first-order valence-corrected chi connectivity index (χ1v) is 12.1. The van der Waals surface area contributed by atoms with Crippen LogP contribution < -0.4 is 5.32 Å². The Morgan fingerprint density at radius 2 is 2.15 bits per heavy atom.